The average Bonchev–Trinajstić information content (AvgIpc) is 1.63. The average molecular weight is 1450 g/mol. The summed E-state index contributed by atoms with van der Waals surface area (Å²) in [6, 6.07) is 6.49. The Balaban J connectivity index is 0.000000182. The molecule has 29 nitrogen and oxygen atoms in total. The van der Waals surface area contributed by atoms with Crippen LogP contribution < -0.4 is 36.9 Å². The molecule has 94 heavy (non-hydrogen) atoms. The number of fused-ring (bicyclic) bond motifs is 3. The highest BCUT2D eigenvalue weighted by molar-refractivity contribution is 9.10. The first-order valence-electron chi connectivity index (χ1n) is 30.0. The number of hydrogen-bond donors (Lipinski definition) is 5. The van der Waals surface area contributed by atoms with Crippen LogP contribution in [-0.4, -0.2) is 157 Å². The molecule has 3 amide bonds. The van der Waals surface area contributed by atoms with E-state index in [0.29, 0.717) is 92.8 Å². The molecule has 7 N–H and O–H groups in total. The molecule has 0 aliphatic carbocycles. The van der Waals surface area contributed by atoms with Crippen LogP contribution in [0, 0.1) is 11.6 Å². The Morgan fingerprint density at radius 3 is 1.37 bits per heavy atom. The fourth-order valence-electron chi connectivity index (χ4n) is 9.83. The number of rotatable bonds is 11. The van der Waals surface area contributed by atoms with Gasteiger partial charge < -0.3 is 65.3 Å². The molecule has 512 valence electrons. The number of anilines is 3. The van der Waals surface area contributed by atoms with Crippen molar-refractivity contribution in [1.82, 2.24) is 49.4 Å². The van der Waals surface area contributed by atoms with Crippen molar-refractivity contribution in [1.29, 1.82) is 0 Å². The molecule has 5 aliphatic heterocycles. The van der Waals surface area contributed by atoms with Crippen molar-refractivity contribution in [3.05, 3.63) is 101 Å². The molecule has 0 saturated heterocycles. The van der Waals surface area contributed by atoms with Gasteiger partial charge in [-0.15, -0.1) is 15.3 Å². The van der Waals surface area contributed by atoms with Crippen molar-refractivity contribution in [2.75, 3.05) is 70.0 Å². The highest BCUT2D eigenvalue weighted by Crippen LogP contribution is 2.35. The van der Waals surface area contributed by atoms with Crippen molar-refractivity contribution in [3.63, 3.8) is 0 Å². The van der Waals surface area contributed by atoms with E-state index in [1.54, 1.807) is 85.4 Å². The van der Waals surface area contributed by atoms with Crippen molar-refractivity contribution >= 4 is 91.7 Å². The van der Waals surface area contributed by atoms with E-state index in [1.807, 2.05) is 20.8 Å². The van der Waals surface area contributed by atoms with E-state index in [4.69, 9.17) is 49.4 Å². The lowest BCUT2D eigenvalue weighted by Crippen LogP contribution is -2.37. The van der Waals surface area contributed by atoms with Crippen LogP contribution in [0.4, 0.5) is 55.0 Å². The van der Waals surface area contributed by atoms with E-state index in [-0.39, 0.29) is 82.5 Å². The zero-order valence-corrected chi connectivity index (χ0v) is 58.2. The number of ether oxygens (including phenoxy) is 8. The summed E-state index contributed by atoms with van der Waals surface area (Å²) in [4.78, 5) is 81.4. The smallest absolute Gasteiger partial charge is 0.435 e. The van der Waals surface area contributed by atoms with E-state index < -0.39 is 58.9 Å². The number of aliphatic imine (C=N–C) groups is 1. The number of nitrogens with one attached hydrogen (secondary N) is 3. The largest absolute Gasteiger partial charge is 0.494 e. The predicted molar refractivity (Wildman–Crippen MR) is 347 cm³/mol. The highest BCUT2D eigenvalue weighted by Gasteiger charge is 2.38. The standard InChI is InChI=1S/C21H26BrFN4O5.C16H18BrFN4O3.C13H20N4O4.C11H17N3O2/c1-6-31-20(29)27-15-11-26(19(28)32-21(2,3)4)10-13(15)18(25-27)24-9-12-14(22)7-8-16(30-5)17(12)23;1-3-25-16(23)22-12-8-19-6-10(12)15(21-22)20-7-9-11(17)4-5-13(24-2)14(9)18;1-5-20-12(19)17-9-7-16(6-8(9)10(14)15-17)11(18)21-13(2,3)4;1-11(2,3)16-10(15)14-5-7-4-13-9(12)8(7)6-14/h7-8H,6,9-11H2,1-5H3,(H,24,25);4-5,19H,3,6-8H2,1-2H3,(H,20,21);5-7H2,1-4H3,(H2,14,15);4-6H2,1-3H3,(H2,12,13). The molecule has 33 heteroatoms. The summed E-state index contributed by atoms with van der Waals surface area (Å²) in [5.41, 5.74) is 16.8. The van der Waals surface area contributed by atoms with Crippen molar-refractivity contribution < 1.29 is 75.4 Å². The highest BCUT2D eigenvalue weighted by atomic mass is 79.9. The van der Waals surface area contributed by atoms with Gasteiger partial charge in [-0.2, -0.15) is 14.0 Å². The van der Waals surface area contributed by atoms with E-state index in [0.717, 1.165) is 31.8 Å². The van der Waals surface area contributed by atoms with Gasteiger partial charge in [0.1, 0.15) is 22.6 Å². The molecule has 0 radical (unpaired) electrons. The van der Waals surface area contributed by atoms with Crippen LogP contribution in [0.2, 0.25) is 0 Å². The molecule has 0 fully saturated rings. The van der Waals surface area contributed by atoms with Gasteiger partial charge >= 0.3 is 36.6 Å². The third-order valence-electron chi connectivity index (χ3n) is 14.1. The molecule has 0 atom stereocenters. The Kier molecular flexibility index (Phi) is 23.6. The molecule has 5 aliphatic rings. The summed E-state index contributed by atoms with van der Waals surface area (Å²) in [5.74, 6) is 1.02. The van der Waals surface area contributed by atoms with Crippen LogP contribution in [0.5, 0.6) is 11.5 Å². The van der Waals surface area contributed by atoms with Crippen LogP contribution in [0.1, 0.15) is 128 Å². The van der Waals surface area contributed by atoms with Crippen molar-refractivity contribution in [3.8, 4) is 11.5 Å². The minimum Gasteiger partial charge on any atom is -0.494 e. The third-order valence-corrected chi connectivity index (χ3v) is 15.6. The number of amides is 3. The van der Waals surface area contributed by atoms with Crippen LogP contribution in [-0.2, 0) is 80.8 Å². The maximum Gasteiger partial charge on any atom is 0.435 e. The Hall–Kier alpha value is -8.72. The quantitative estimate of drug-likeness (QED) is 0.0767. The van der Waals surface area contributed by atoms with Crippen molar-refractivity contribution in [2.24, 2.45) is 10.7 Å². The summed E-state index contributed by atoms with van der Waals surface area (Å²) in [6.45, 7) is 26.0. The zero-order chi connectivity index (χ0) is 69.3. The summed E-state index contributed by atoms with van der Waals surface area (Å²) < 4.78 is 75.0. The molecule has 2 aromatic carbocycles. The number of nitrogens with zero attached hydrogens (tertiary/aromatic N) is 10. The predicted octanol–water partition coefficient (Wildman–Crippen LogP) is 10.3. The molecule has 0 bridgehead atoms. The van der Waals surface area contributed by atoms with Crippen LogP contribution >= 0.6 is 31.9 Å². The summed E-state index contributed by atoms with van der Waals surface area (Å²) in [7, 11) is 2.81. The van der Waals surface area contributed by atoms with Gasteiger partial charge in [-0.25, -0.2) is 37.5 Å². The number of nitrogen functional groups attached to an aromatic ring is 1. The number of aromatic nitrogens is 6. The minimum atomic E-state index is -0.656. The number of nitrogens with two attached hydrogens (primary N) is 2. The fraction of sp³-hybridized carbons (Fsp3) is 0.508. The Morgan fingerprint density at radius 2 is 0.947 bits per heavy atom. The second-order valence-electron chi connectivity index (χ2n) is 24.4. The molecular weight excluding hydrogens is 1360 g/mol. The molecular formula is C61H81Br2F2N15O14. The SMILES string of the molecule is CC(C)(C)OC(=O)N1CC2=C(C1)C(N)=NC2.CCOC(=O)n1nc(N)c2c1CN(C(=O)OC(C)(C)C)C2.CCOC(=O)n1nc(NCc2c(Br)ccc(OC)c2F)c2c1CN(C(=O)OC(C)(C)C)C2.CCOC(=O)n1nc(NCc2c(Br)ccc(OC)c2F)c2c1CNC2. The molecule has 0 spiro atoms. The lowest BCUT2D eigenvalue weighted by molar-refractivity contribution is 0.0228. The number of carbonyl (C=O) groups excluding carboxylic acids is 6. The van der Waals surface area contributed by atoms with E-state index in [1.165, 1.54) is 34.8 Å². The second kappa shape index (κ2) is 30.6. The number of hydrogen-bond acceptors (Lipinski definition) is 23. The number of benzene rings is 2. The minimum absolute atomic E-state index is 0.0718. The summed E-state index contributed by atoms with van der Waals surface area (Å²) in [6.07, 6.45) is -3.02. The molecule has 0 saturated carbocycles. The number of amidine groups is 1. The molecule has 5 aromatic rings. The first-order valence-corrected chi connectivity index (χ1v) is 31.5. The van der Waals surface area contributed by atoms with Gasteiger partial charge in [0.25, 0.3) is 0 Å². The van der Waals surface area contributed by atoms with Crippen LogP contribution in [0.15, 0.2) is 49.3 Å². The fourth-order valence-corrected chi connectivity index (χ4v) is 10.7. The van der Waals surface area contributed by atoms with Gasteiger partial charge in [0, 0.05) is 75.1 Å². The summed E-state index contributed by atoms with van der Waals surface area (Å²) >= 11 is 6.69. The van der Waals surface area contributed by atoms with Gasteiger partial charge in [-0.3, -0.25) is 19.7 Å². The Bertz CT molecular complexity index is 3740. The van der Waals surface area contributed by atoms with Gasteiger partial charge in [-0.05, 0) is 113 Å². The number of carbonyl (C=O) groups is 6. The van der Waals surface area contributed by atoms with Crippen molar-refractivity contribution in [2.45, 2.75) is 152 Å². The first-order chi connectivity index (χ1) is 44.2. The normalized spacial score (nSPS) is 14.4. The Morgan fingerprint density at radius 1 is 0.543 bits per heavy atom. The number of halogens is 4. The second-order valence-corrected chi connectivity index (χ2v) is 26.1. The van der Waals surface area contributed by atoms with Crippen LogP contribution in [0.3, 0.4) is 0 Å². The first kappa shape index (κ1) is 72.7. The molecule has 3 aromatic heterocycles. The van der Waals surface area contributed by atoms with Gasteiger partial charge in [-0.1, -0.05) is 31.9 Å². The van der Waals surface area contributed by atoms with Gasteiger partial charge in [0.2, 0.25) is 0 Å². The topological polar surface area (TPSA) is 340 Å². The van der Waals surface area contributed by atoms with E-state index in [9.17, 15) is 37.5 Å². The molecule has 10 rings (SSSR count). The van der Waals surface area contributed by atoms with E-state index >= 15 is 0 Å². The zero-order valence-electron chi connectivity index (χ0n) is 55.1. The summed E-state index contributed by atoms with van der Waals surface area (Å²) in [5, 5.41) is 21.9. The third kappa shape index (κ3) is 17.7. The lowest BCUT2D eigenvalue weighted by Gasteiger charge is -2.24. The maximum atomic E-state index is 14.7. The van der Waals surface area contributed by atoms with E-state index in [2.05, 4.69) is 68.1 Å². The molecule has 0 unspecified atom stereocenters. The molecule has 8 heterocycles. The monoisotopic (exact) mass is 1440 g/mol. The lowest BCUT2D eigenvalue weighted by atomic mass is 10.2. The Labute approximate surface area is 559 Å². The maximum absolute atomic E-state index is 14.7. The number of methoxy groups -OCH3 is 2. The van der Waals surface area contributed by atoms with Gasteiger partial charge in [0.05, 0.1) is 90.4 Å². The van der Waals surface area contributed by atoms with Crippen LogP contribution in [0.25, 0.3) is 0 Å². The van der Waals surface area contributed by atoms with Gasteiger partial charge in [0.15, 0.2) is 40.6 Å².